The molecule has 0 atom stereocenters. The van der Waals surface area contributed by atoms with Gasteiger partial charge in [-0.25, -0.2) is 0 Å². The number of carbonyl (C=O) groups is 1. The molecule has 1 aromatic carbocycles. The molecule has 1 aromatic rings. The number of nitrogens with zero attached hydrogens (tertiary/aromatic N) is 1. The highest BCUT2D eigenvalue weighted by Gasteiger charge is 2.35. The van der Waals surface area contributed by atoms with Crippen molar-refractivity contribution in [2.75, 3.05) is 11.9 Å². The van der Waals surface area contributed by atoms with Gasteiger partial charge in [0.2, 0.25) is 5.91 Å². The van der Waals surface area contributed by atoms with Crippen molar-refractivity contribution in [1.29, 1.82) is 5.26 Å². The second-order valence-corrected chi connectivity index (χ2v) is 5.68. The lowest BCUT2D eigenvalue weighted by Gasteiger charge is -2.22. The molecule has 0 unspecified atom stereocenters. The molecule has 4 heteroatoms. The summed E-state index contributed by atoms with van der Waals surface area (Å²) in [5.41, 5.74) is 2.63. The van der Waals surface area contributed by atoms with E-state index in [4.69, 9.17) is 0 Å². The first-order chi connectivity index (χ1) is 9.53. The van der Waals surface area contributed by atoms with Crippen LogP contribution in [-0.2, 0) is 4.79 Å². The van der Waals surface area contributed by atoms with Gasteiger partial charge in [0.05, 0.1) is 12.6 Å². The third kappa shape index (κ3) is 3.51. The van der Waals surface area contributed by atoms with Gasteiger partial charge in [-0.1, -0.05) is 6.07 Å². The lowest BCUT2D eigenvalue weighted by atomic mass is 10.00. The van der Waals surface area contributed by atoms with E-state index >= 15 is 0 Å². The molecule has 0 saturated heterocycles. The third-order valence-electron chi connectivity index (χ3n) is 3.72. The molecule has 2 rings (SSSR count). The Morgan fingerprint density at radius 2 is 1.85 bits per heavy atom. The highest BCUT2D eigenvalue weighted by atomic mass is 16.2. The Hall–Kier alpha value is -2.02. The molecule has 0 radical (unpaired) electrons. The number of amides is 1. The van der Waals surface area contributed by atoms with Gasteiger partial charge in [0, 0.05) is 5.69 Å². The number of nitrogens with one attached hydrogen (secondary N) is 2. The Kier molecular flexibility index (Phi) is 4.29. The van der Waals surface area contributed by atoms with Crippen LogP contribution in [0.2, 0.25) is 0 Å². The zero-order valence-corrected chi connectivity index (χ0v) is 12.1. The molecule has 0 aliphatic heterocycles. The number of carbonyl (C=O) groups excluding carboxylic acids is 1. The summed E-state index contributed by atoms with van der Waals surface area (Å²) in [7, 11) is 0. The summed E-state index contributed by atoms with van der Waals surface area (Å²) < 4.78 is 0. The van der Waals surface area contributed by atoms with Crippen molar-refractivity contribution in [2.45, 2.75) is 45.1 Å². The second kappa shape index (κ2) is 5.96. The van der Waals surface area contributed by atoms with Crippen molar-refractivity contribution >= 4 is 11.6 Å². The SMILES string of the molecule is Cc1cc(C)cc(NCC(=O)NC2(C#N)CCCC2)c1. The van der Waals surface area contributed by atoms with Crippen molar-refractivity contribution < 1.29 is 4.79 Å². The highest BCUT2D eigenvalue weighted by Crippen LogP contribution is 2.28. The Morgan fingerprint density at radius 3 is 2.40 bits per heavy atom. The van der Waals surface area contributed by atoms with E-state index in [0.29, 0.717) is 0 Å². The largest absolute Gasteiger partial charge is 0.376 e. The fraction of sp³-hybridized carbons (Fsp3) is 0.500. The number of benzene rings is 1. The fourth-order valence-electron chi connectivity index (χ4n) is 2.81. The van der Waals surface area contributed by atoms with E-state index in [0.717, 1.165) is 42.5 Å². The van der Waals surface area contributed by atoms with Gasteiger partial charge in [0.25, 0.3) is 0 Å². The number of nitriles is 1. The zero-order valence-electron chi connectivity index (χ0n) is 12.1. The van der Waals surface area contributed by atoms with Crippen molar-refractivity contribution in [3.05, 3.63) is 29.3 Å². The van der Waals surface area contributed by atoms with E-state index in [1.807, 2.05) is 26.0 Å². The minimum atomic E-state index is -0.638. The molecule has 0 bridgehead atoms. The maximum atomic E-state index is 12.0. The van der Waals surface area contributed by atoms with Crippen molar-refractivity contribution in [3.63, 3.8) is 0 Å². The van der Waals surface area contributed by atoms with Crippen molar-refractivity contribution in [2.24, 2.45) is 0 Å². The number of hydrogen-bond acceptors (Lipinski definition) is 3. The number of anilines is 1. The number of rotatable bonds is 4. The predicted octanol–water partition coefficient (Wildman–Crippen LogP) is 2.67. The first-order valence-corrected chi connectivity index (χ1v) is 7.07. The topological polar surface area (TPSA) is 64.9 Å². The normalized spacial score (nSPS) is 16.4. The average Bonchev–Trinajstić information content (AvgIpc) is 2.84. The third-order valence-corrected chi connectivity index (χ3v) is 3.72. The van der Waals surface area contributed by atoms with Crippen LogP contribution < -0.4 is 10.6 Å². The van der Waals surface area contributed by atoms with Crippen LogP contribution in [0.15, 0.2) is 18.2 Å². The van der Waals surface area contributed by atoms with E-state index in [1.54, 1.807) is 0 Å². The second-order valence-electron chi connectivity index (χ2n) is 5.68. The van der Waals surface area contributed by atoms with Gasteiger partial charge in [0.1, 0.15) is 5.54 Å². The molecule has 1 amide bonds. The molecule has 0 heterocycles. The maximum absolute atomic E-state index is 12.0. The molecule has 4 nitrogen and oxygen atoms in total. The van der Waals surface area contributed by atoms with E-state index in [2.05, 4.69) is 22.8 Å². The van der Waals surface area contributed by atoms with Gasteiger partial charge in [-0.15, -0.1) is 0 Å². The van der Waals surface area contributed by atoms with Crippen LogP contribution in [0, 0.1) is 25.2 Å². The zero-order chi connectivity index (χ0) is 14.6. The Bertz CT molecular complexity index is 519. The number of hydrogen-bond donors (Lipinski definition) is 2. The molecule has 0 aromatic heterocycles. The van der Waals surface area contributed by atoms with Gasteiger partial charge in [-0.05, 0) is 62.8 Å². The van der Waals surface area contributed by atoms with Gasteiger partial charge >= 0.3 is 0 Å². The first kappa shape index (κ1) is 14.4. The molecule has 1 aliphatic carbocycles. The summed E-state index contributed by atoms with van der Waals surface area (Å²) in [6, 6.07) is 8.38. The van der Waals surface area contributed by atoms with Crippen molar-refractivity contribution in [3.8, 4) is 6.07 Å². The van der Waals surface area contributed by atoms with Crippen LogP contribution in [0.3, 0.4) is 0 Å². The lowest BCUT2D eigenvalue weighted by Crippen LogP contribution is -2.47. The predicted molar refractivity (Wildman–Crippen MR) is 79.4 cm³/mol. The van der Waals surface area contributed by atoms with Gasteiger partial charge in [-0.3, -0.25) is 4.79 Å². The summed E-state index contributed by atoms with van der Waals surface area (Å²) in [6.07, 6.45) is 3.55. The van der Waals surface area contributed by atoms with Crippen molar-refractivity contribution in [1.82, 2.24) is 5.32 Å². The summed E-state index contributed by atoms with van der Waals surface area (Å²) in [4.78, 5) is 12.0. The van der Waals surface area contributed by atoms with Gasteiger partial charge in [0.15, 0.2) is 0 Å². The molecule has 0 spiro atoms. The molecule has 1 aliphatic rings. The Balaban J connectivity index is 1.90. The van der Waals surface area contributed by atoms with Crippen LogP contribution in [0.4, 0.5) is 5.69 Å². The summed E-state index contributed by atoms with van der Waals surface area (Å²) >= 11 is 0. The fourth-order valence-corrected chi connectivity index (χ4v) is 2.81. The molecule has 20 heavy (non-hydrogen) atoms. The molecule has 2 N–H and O–H groups in total. The number of aryl methyl sites for hydroxylation is 2. The van der Waals surface area contributed by atoms with Gasteiger partial charge < -0.3 is 10.6 Å². The van der Waals surface area contributed by atoms with Crippen LogP contribution in [-0.4, -0.2) is 18.0 Å². The lowest BCUT2D eigenvalue weighted by molar-refractivity contribution is -0.120. The first-order valence-electron chi connectivity index (χ1n) is 7.07. The minimum Gasteiger partial charge on any atom is -0.376 e. The van der Waals surface area contributed by atoms with E-state index in [9.17, 15) is 10.1 Å². The summed E-state index contributed by atoms with van der Waals surface area (Å²) in [6.45, 7) is 4.26. The van der Waals surface area contributed by atoms with Crippen LogP contribution in [0.1, 0.15) is 36.8 Å². The van der Waals surface area contributed by atoms with Crippen LogP contribution in [0.25, 0.3) is 0 Å². The minimum absolute atomic E-state index is 0.118. The monoisotopic (exact) mass is 271 g/mol. The molecule has 1 saturated carbocycles. The maximum Gasteiger partial charge on any atom is 0.240 e. The average molecular weight is 271 g/mol. The van der Waals surface area contributed by atoms with E-state index in [-0.39, 0.29) is 12.5 Å². The molecular weight excluding hydrogens is 250 g/mol. The standard InChI is InChI=1S/C16H21N3O/c1-12-7-13(2)9-14(8-12)18-10-15(20)19-16(11-17)5-3-4-6-16/h7-9,18H,3-6,10H2,1-2H3,(H,19,20). The smallest absolute Gasteiger partial charge is 0.240 e. The van der Waals surface area contributed by atoms with E-state index in [1.165, 1.54) is 0 Å². The van der Waals surface area contributed by atoms with Gasteiger partial charge in [-0.2, -0.15) is 5.26 Å². The summed E-state index contributed by atoms with van der Waals surface area (Å²) in [5, 5.41) is 15.2. The van der Waals surface area contributed by atoms with E-state index < -0.39 is 5.54 Å². The molecule has 106 valence electrons. The Morgan fingerprint density at radius 1 is 1.25 bits per heavy atom. The quantitative estimate of drug-likeness (QED) is 0.885. The van der Waals surface area contributed by atoms with Crippen LogP contribution in [0.5, 0.6) is 0 Å². The van der Waals surface area contributed by atoms with Crippen LogP contribution >= 0.6 is 0 Å². The molecule has 1 fully saturated rings. The highest BCUT2D eigenvalue weighted by molar-refractivity contribution is 5.82. The Labute approximate surface area is 120 Å². The molecular formula is C16H21N3O. The summed E-state index contributed by atoms with van der Waals surface area (Å²) in [5.74, 6) is -0.118.